The minimum Gasteiger partial charge on any atom is -0.356 e. The van der Waals surface area contributed by atoms with Crippen molar-refractivity contribution in [2.24, 2.45) is 5.92 Å². The zero-order valence-electron chi connectivity index (χ0n) is 14.4. The predicted molar refractivity (Wildman–Crippen MR) is 90.9 cm³/mol. The first-order valence-corrected chi connectivity index (χ1v) is 8.46. The highest BCUT2D eigenvalue weighted by Crippen LogP contribution is 2.29. The van der Waals surface area contributed by atoms with Gasteiger partial charge in [-0.25, -0.2) is 4.98 Å². The number of pyridine rings is 1. The highest BCUT2D eigenvalue weighted by atomic mass is 15.2. The van der Waals surface area contributed by atoms with Gasteiger partial charge < -0.3 is 10.2 Å². The van der Waals surface area contributed by atoms with Crippen LogP contribution in [-0.4, -0.2) is 24.1 Å². The van der Waals surface area contributed by atoms with E-state index in [-0.39, 0.29) is 0 Å². The van der Waals surface area contributed by atoms with Gasteiger partial charge in [-0.15, -0.1) is 0 Å². The molecule has 1 aliphatic heterocycles. The first-order chi connectivity index (χ1) is 10.0. The summed E-state index contributed by atoms with van der Waals surface area (Å²) in [5, 5.41) is 3.56. The molecular weight excluding hydrogens is 258 g/mol. The molecule has 0 aromatic carbocycles. The maximum atomic E-state index is 4.87. The van der Waals surface area contributed by atoms with Crippen LogP contribution in [0.25, 0.3) is 0 Å². The van der Waals surface area contributed by atoms with Crippen LogP contribution in [0.2, 0.25) is 0 Å². The Hall–Kier alpha value is -1.09. The molecule has 118 valence electrons. The summed E-state index contributed by atoms with van der Waals surface area (Å²) in [5.74, 6) is 2.07. The van der Waals surface area contributed by atoms with Crippen molar-refractivity contribution in [1.29, 1.82) is 0 Å². The van der Waals surface area contributed by atoms with Crippen LogP contribution < -0.4 is 10.2 Å². The highest BCUT2D eigenvalue weighted by molar-refractivity contribution is 5.52. The van der Waals surface area contributed by atoms with E-state index in [0.717, 1.165) is 24.7 Å². The third kappa shape index (κ3) is 4.19. The molecule has 0 amide bonds. The van der Waals surface area contributed by atoms with Crippen LogP contribution in [0, 0.1) is 19.8 Å². The lowest BCUT2D eigenvalue weighted by atomic mass is 10.0. The average molecular weight is 289 g/mol. The molecule has 1 aromatic heterocycles. The Balaban J connectivity index is 2.21. The number of anilines is 1. The zero-order valence-corrected chi connectivity index (χ0v) is 14.4. The molecule has 1 saturated heterocycles. The van der Waals surface area contributed by atoms with Crippen LogP contribution in [-0.2, 0) is 6.54 Å². The van der Waals surface area contributed by atoms with Gasteiger partial charge in [0, 0.05) is 36.9 Å². The number of rotatable bonds is 6. The van der Waals surface area contributed by atoms with E-state index in [1.54, 1.807) is 0 Å². The molecule has 2 heterocycles. The number of aryl methyl sites for hydroxylation is 2. The maximum absolute atomic E-state index is 4.87. The van der Waals surface area contributed by atoms with E-state index in [1.807, 2.05) is 0 Å². The normalized spacial score (nSPS) is 18.8. The van der Waals surface area contributed by atoms with E-state index in [2.05, 4.69) is 50.9 Å². The fraction of sp³-hybridized carbons (Fsp3) is 0.722. The summed E-state index contributed by atoms with van der Waals surface area (Å²) in [6.07, 6.45) is 3.96. The third-order valence-corrected chi connectivity index (χ3v) is 4.42. The fourth-order valence-electron chi connectivity index (χ4n) is 3.30. The van der Waals surface area contributed by atoms with Gasteiger partial charge in [-0.3, -0.25) is 0 Å². The molecule has 3 heteroatoms. The standard InChI is InChI=1S/C18H31N3/c1-6-7-16-8-9-21(12-16)18-17(11-19-13(2)3)14(4)10-15(5)20-18/h10,13,16,19H,6-9,11-12H2,1-5H3. The summed E-state index contributed by atoms with van der Waals surface area (Å²) >= 11 is 0. The van der Waals surface area contributed by atoms with Gasteiger partial charge >= 0.3 is 0 Å². The molecule has 1 N–H and O–H groups in total. The zero-order chi connectivity index (χ0) is 15.4. The molecule has 1 atom stereocenters. The van der Waals surface area contributed by atoms with Crippen molar-refractivity contribution in [3.63, 3.8) is 0 Å². The molecule has 2 rings (SSSR count). The van der Waals surface area contributed by atoms with Gasteiger partial charge in [-0.1, -0.05) is 27.2 Å². The van der Waals surface area contributed by atoms with Crippen LogP contribution in [0.4, 0.5) is 5.82 Å². The number of hydrogen-bond acceptors (Lipinski definition) is 3. The molecule has 1 unspecified atom stereocenters. The Kier molecular flexibility index (Phi) is 5.63. The number of nitrogens with one attached hydrogen (secondary N) is 1. The lowest BCUT2D eigenvalue weighted by Crippen LogP contribution is -2.27. The van der Waals surface area contributed by atoms with E-state index >= 15 is 0 Å². The molecule has 1 aliphatic rings. The van der Waals surface area contributed by atoms with Crippen LogP contribution in [0.1, 0.15) is 56.9 Å². The maximum Gasteiger partial charge on any atom is 0.133 e. The van der Waals surface area contributed by atoms with Crippen molar-refractivity contribution in [2.75, 3.05) is 18.0 Å². The van der Waals surface area contributed by atoms with Crippen LogP contribution in [0.5, 0.6) is 0 Å². The lowest BCUT2D eigenvalue weighted by Gasteiger charge is -2.24. The van der Waals surface area contributed by atoms with Gasteiger partial charge in [0.1, 0.15) is 5.82 Å². The molecule has 3 nitrogen and oxygen atoms in total. The second-order valence-corrected chi connectivity index (χ2v) is 6.81. The molecular formula is C18H31N3. The Morgan fingerprint density at radius 1 is 1.38 bits per heavy atom. The van der Waals surface area contributed by atoms with Gasteiger partial charge in [0.15, 0.2) is 0 Å². The van der Waals surface area contributed by atoms with Crippen LogP contribution in [0.3, 0.4) is 0 Å². The highest BCUT2D eigenvalue weighted by Gasteiger charge is 2.25. The van der Waals surface area contributed by atoms with E-state index in [0.29, 0.717) is 6.04 Å². The molecule has 0 spiro atoms. The average Bonchev–Trinajstić information content (AvgIpc) is 2.85. The van der Waals surface area contributed by atoms with Crippen molar-refractivity contribution in [3.8, 4) is 0 Å². The Morgan fingerprint density at radius 2 is 2.14 bits per heavy atom. The first kappa shape index (κ1) is 16.3. The summed E-state index contributed by atoms with van der Waals surface area (Å²) in [5.41, 5.74) is 3.88. The van der Waals surface area contributed by atoms with E-state index in [4.69, 9.17) is 4.98 Å². The first-order valence-electron chi connectivity index (χ1n) is 8.46. The Labute approximate surface area is 130 Å². The van der Waals surface area contributed by atoms with Crippen molar-refractivity contribution in [1.82, 2.24) is 10.3 Å². The second-order valence-electron chi connectivity index (χ2n) is 6.81. The number of nitrogens with zero attached hydrogens (tertiary/aromatic N) is 2. The summed E-state index contributed by atoms with van der Waals surface area (Å²) < 4.78 is 0. The van der Waals surface area contributed by atoms with Gasteiger partial charge in [0.25, 0.3) is 0 Å². The third-order valence-electron chi connectivity index (χ3n) is 4.42. The molecule has 21 heavy (non-hydrogen) atoms. The quantitative estimate of drug-likeness (QED) is 0.863. The van der Waals surface area contributed by atoms with Crippen molar-refractivity contribution in [3.05, 3.63) is 22.9 Å². The van der Waals surface area contributed by atoms with Gasteiger partial charge in [-0.2, -0.15) is 0 Å². The van der Waals surface area contributed by atoms with Gasteiger partial charge in [0.2, 0.25) is 0 Å². The molecule has 0 saturated carbocycles. The second kappa shape index (κ2) is 7.26. The van der Waals surface area contributed by atoms with Gasteiger partial charge in [0.05, 0.1) is 0 Å². The number of hydrogen-bond donors (Lipinski definition) is 1. The molecule has 0 radical (unpaired) electrons. The van der Waals surface area contributed by atoms with Gasteiger partial charge in [-0.05, 0) is 44.2 Å². The molecule has 0 aliphatic carbocycles. The van der Waals surface area contributed by atoms with Crippen molar-refractivity contribution < 1.29 is 0 Å². The smallest absolute Gasteiger partial charge is 0.133 e. The van der Waals surface area contributed by atoms with Crippen molar-refractivity contribution in [2.45, 2.75) is 66.5 Å². The van der Waals surface area contributed by atoms with Crippen LogP contribution >= 0.6 is 0 Å². The Morgan fingerprint density at radius 3 is 2.81 bits per heavy atom. The molecule has 1 aromatic rings. The Bertz CT molecular complexity index is 468. The predicted octanol–water partition coefficient (Wildman–Crippen LogP) is 3.82. The van der Waals surface area contributed by atoms with E-state index in [9.17, 15) is 0 Å². The van der Waals surface area contributed by atoms with E-state index < -0.39 is 0 Å². The summed E-state index contributed by atoms with van der Waals surface area (Å²) in [4.78, 5) is 7.39. The molecule has 1 fully saturated rings. The lowest BCUT2D eigenvalue weighted by molar-refractivity contribution is 0.529. The SMILES string of the molecule is CCCC1CCN(c2nc(C)cc(C)c2CNC(C)C)C1. The summed E-state index contributed by atoms with van der Waals surface area (Å²) in [6.45, 7) is 14.3. The fourth-order valence-corrected chi connectivity index (χ4v) is 3.30. The van der Waals surface area contributed by atoms with Crippen LogP contribution in [0.15, 0.2) is 6.07 Å². The minimum atomic E-state index is 0.505. The van der Waals surface area contributed by atoms with E-state index in [1.165, 1.54) is 42.8 Å². The topological polar surface area (TPSA) is 28.2 Å². The molecule has 0 bridgehead atoms. The number of aromatic nitrogens is 1. The van der Waals surface area contributed by atoms with Crippen molar-refractivity contribution >= 4 is 5.82 Å². The monoisotopic (exact) mass is 289 g/mol. The summed E-state index contributed by atoms with van der Waals surface area (Å²) in [6, 6.07) is 2.71. The summed E-state index contributed by atoms with van der Waals surface area (Å²) in [7, 11) is 0. The largest absolute Gasteiger partial charge is 0.356 e. The minimum absolute atomic E-state index is 0.505.